The number of aryl methyl sites for hydroxylation is 1. The van der Waals surface area contributed by atoms with Gasteiger partial charge in [-0.15, -0.1) is 0 Å². The molecule has 1 rings (SSSR count). The summed E-state index contributed by atoms with van der Waals surface area (Å²) in [6.07, 6.45) is 0.574. The monoisotopic (exact) mass is 317 g/mol. The predicted octanol–water partition coefficient (Wildman–Crippen LogP) is 3.58. The Bertz CT molecular complexity index is 361. The maximum absolute atomic E-state index is 11.6. The van der Waals surface area contributed by atoms with Gasteiger partial charge in [-0.2, -0.15) is 0 Å². The lowest BCUT2D eigenvalue weighted by Gasteiger charge is -2.10. The fraction of sp³-hybridized carbons (Fsp3) is 0.417. The molecule has 0 heterocycles. The molecule has 1 N–H and O–H groups in total. The molecule has 0 aliphatic rings. The number of carbonyl (C=O) groups is 1. The highest BCUT2D eigenvalue weighted by Crippen LogP contribution is 2.18. The third kappa shape index (κ3) is 4.20. The van der Waals surface area contributed by atoms with Crippen molar-refractivity contribution in [2.75, 3.05) is 5.32 Å². The summed E-state index contributed by atoms with van der Waals surface area (Å²) in [4.78, 5) is 11.6. The van der Waals surface area contributed by atoms with E-state index in [0.717, 1.165) is 14.8 Å². The molecule has 0 atom stereocenters. The number of carbonyl (C=O) groups excluding carboxylic acids is 1. The third-order valence-electron chi connectivity index (χ3n) is 2.07. The minimum absolute atomic E-state index is 0.0927. The Morgan fingerprint density at radius 1 is 1.47 bits per heavy atom. The van der Waals surface area contributed by atoms with E-state index in [9.17, 15) is 4.79 Å². The SMILES string of the molecule is Cc1ccc(I)cc1NC(=O)CC(C)C. The van der Waals surface area contributed by atoms with E-state index in [1.165, 1.54) is 0 Å². The maximum Gasteiger partial charge on any atom is 0.224 e. The van der Waals surface area contributed by atoms with Crippen molar-refractivity contribution >= 4 is 34.2 Å². The zero-order valence-corrected chi connectivity index (χ0v) is 11.5. The number of hydrogen-bond donors (Lipinski definition) is 1. The fourth-order valence-electron chi connectivity index (χ4n) is 1.30. The van der Waals surface area contributed by atoms with Gasteiger partial charge < -0.3 is 5.32 Å². The minimum Gasteiger partial charge on any atom is -0.326 e. The molecule has 2 nitrogen and oxygen atoms in total. The van der Waals surface area contributed by atoms with Crippen molar-refractivity contribution in [2.45, 2.75) is 27.2 Å². The van der Waals surface area contributed by atoms with Crippen LogP contribution >= 0.6 is 22.6 Å². The summed E-state index contributed by atoms with van der Waals surface area (Å²) in [5, 5.41) is 2.94. The van der Waals surface area contributed by atoms with Crippen molar-refractivity contribution in [3.8, 4) is 0 Å². The van der Waals surface area contributed by atoms with Gasteiger partial charge in [-0.1, -0.05) is 19.9 Å². The molecule has 15 heavy (non-hydrogen) atoms. The lowest BCUT2D eigenvalue weighted by Crippen LogP contribution is -2.14. The van der Waals surface area contributed by atoms with Gasteiger partial charge in [-0.05, 0) is 53.1 Å². The number of amides is 1. The quantitative estimate of drug-likeness (QED) is 0.848. The highest BCUT2D eigenvalue weighted by molar-refractivity contribution is 14.1. The van der Waals surface area contributed by atoms with Crippen molar-refractivity contribution in [3.63, 3.8) is 0 Å². The topological polar surface area (TPSA) is 29.1 Å². The zero-order chi connectivity index (χ0) is 11.4. The molecule has 1 aromatic rings. The van der Waals surface area contributed by atoms with Gasteiger partial charge in [0.1, 0.15) is 0 Å². The number of nitrogens with one attached hydrogen (secondary N) is 1. The first-order valence-corrected chi connectivity index (χ1v) is 6.13. The van der Waals surface area contributed by atoms with E-state index in [4.69, 9.17) is 0 Å². The second-order valence-electron chi connectivity index (χ2n) is 4.11. The van der Waals surface area contributed by atoms with E-state index in [1.807, 2.05) is 39.0 Å². The van der Waals surface area contributed by atoms with Crippen molar-refractivity contribution in [1.29, 1.82) is 0 Å². The minimum atomic E-state index is 0.0927. The van der Waals surface area contributed by atoms with E-state index in [1.54, 1.807) is 0 Å². The van der Waals surface area contributed by atoms with Crippen molar-refractivity contribution < 1.29 is 4.79 Å². The van der Waals surface area contributed by atoms with Crippen LogP contribution in [0.2, 0.25) is 0 Å². The fourth-order valence-corrected chi connectivity index (χ4v) is 1.79. The highest BCUT2D eigenvalue weighted by atomic mass is 127. The van der Waals surface area contributed by atoms with Gasteiger partial charge in [0, 0.05) is 15.7 Å². The van der Waals surface area contributed by atoms with Gasteiger partial charge in [-0.25, -0.2) is 0 Å². The van der Waals surface area contributed by atoms with Crippen molar-refractivity contribution in [2.24, 2.45) is 5.92 Å². The Balaban J connectivity index is 2.71. The smallest absolute Gasteiger partial charge is 0.224 e. The summed E-state index contributed by atoms with van der Waals surface area (Å²) in [5.74, 6) is 0.489. The van der Waals surface area contributed by atoms with Crippen LogP contribution in [0.5, 0.6) is 0 Å². The molecule has 1 aromatic carbocycles. The number of anilines is 1. The van der Waals surface area contributed by atoms with Crippen LogP contribution in [0, 0.1) is 16.4 Å². The van der Waals surface area contributed by atoms with E-state index in [-0.39, 0.29) is 5.91 Å². The molecular formula is C12H16INO. The Morgan fingerprint density at radius 3 is 2.73 bits per heavy atom. The van der Waals surface area contributed by atoms with Crippen molar-refractivity contribution in [3.05, 3.63) is 27.3 Å². The van der Waals surface area contributed by atoms with E-state index < -0.39 is 0 Å². The van der Waals surface area contributed by atoms with Crippen LogP contribution in [-0.2, 0) is 4.79 Å². The van der Waals surface area contributed by atoms with Crippen LogP contribution in [0.4, 0.5) is 5.69 Å². The molecule has 0 aromatic heterocycles. The van der Waals surface area contributed by atoms with Gasteiger partial charge in [0.25, 0.3) is 0 Å². The molecule has 1 amide bonds. The molecule has 0 unspecified atom stereocenters. The number of rotatable bonds is 3. The lowest BCUT2D eigenvalue weighted by molar-refractivity contribution is -0.116. The Hall–Kier alpha value is -0.580. The van der Waals surface area contributed by atoms with Gasteiger partial charge in [0.2, 0.25) is 5.91 Å². The molecule has 0 bridgehead atoms. The number of halogens is 1. The normalized spacial score (nSPS) is 10.5. The molecule has 0 saturated heterocycles. The molecule has 0 aliphatic carbocycles. The molecule has 0 fully saturated rings. The summed E-state index contributed by atoms with van der Waals surface area (Å²) < 4.78 is 1.14. The van der Waals surface area contributed by atoms with Crippen LogP contribution in [-0.4, -0.2) is 5.91 Å². The predicted molar refractivity (Wildman–Crippen MR) is 72.0 cm³/mol. The van der Waals surface area contributed by atoms with E-state index >= 15 is 0 Å². The number of hydrogen-bond acceptors (Lipinski definition) is 1. The van der Waals surface area contributed by atoms with Crippen LogP contribution < -0.4 is 5.32 Å². The highest BCUT2D eigenvalue weighted by Gasteiger charge is 2.06. The first-order chi connectivity index (χ1) is 6.99. The Morgan fingerprint density at radius 2 is 2.13 bits per heavy atom. The van der Waals surface area contributed by atoms with Crippen molar-refractivity contribution in [1.82, 2.24) is 0 Å². The van der Waals surface area contributed by atoms with Crippen LogP contribution in [0.25, 0.3) is 0 Å². The van der Waals surface area contributed by atoms with Gasteiger partial charge in [0.15, 0.2) is 0 Å². The Kier molecular flexibility index (Phi) is 4.57. The second-order valence-corrected chi connectivity index (χ2v) is 5.35. The van der Waals surface area contributed by atoms with Crippen LogP contribution in [0.15, 0.2) is 18.2 Å². The third-order valence-corrected chi connectivity index (χ3v) is 2.74. The summed E-state index contributed by atoms with van der Waals surface area (Å²) in [7, 11) is 0. The largest absolute Gasteiger partial charge is 0.326 e. The summed E-state index contributed by atoms with van der Waals surface area (Å²) in [6.45, 7) is 6.09. The van der Waals surface area contributed by atoms with E-state index in [2.05, 4.69) is 27.9 Å². The molecular weight excluding hydrogens is 301 g/mol. The van der Waals surface area contributed by atoms with Gasteiger partial charge >= 0.3 is 0 Å². The average molecular weight is 317 g/mol. The van der Waals surface area contributed by atoms with Crippen LogP contribution in [0.3, 0.4) is 0 Å². The molecule has 82 valence electrons. The molecule has 0 radical (unpaired) electrons. The molecule has 0 aliphatic heterocycles. The Labute approximate surface area is 105 Å². The standard InChI is InChI=1S/C12H16INO/c1-8(2)6-12(15)14-11-7-10(13)5-4-9(11)3/h4-5,7-8H,6H2,1-3H3,(H,14,15). The maximum atomic E-state index is 11.6. The van der Waals surface area contributed by atoms with Gasteiger partial charge in [-0.3, -0.25) is 4.79 Å². The van der Waals surface area contributed by atoms with E-state index in [0.29, 0.717) is 12.3 Å². The number of benzene rings is 1. The molecule has 3 heteroatoms. The summed E-state index contributed by atoms with van der Waals surface area (Å²) in [6, 6.07) is 6.05. The first kappa shape index (κ1) is 12.5. The average Bonchev–Trinajstić information content (AvgIpc) is 2.10. The first-order valence-electron chi connectivity index (χ1n) is 5.05. The molecule has 0 spiro atoms. The summed E-state index contributed by atoms with van der Waals surface area (Å²) >= 11 is 2.24. The lowest BCUT2D eigenvalue weighted by atomic mass is 10.1. The zero-order valence-electron chi connectivity index (χ0n) is 9.30. The van der Waals surface area contributed by atoms with Gasteiger partial charge in [0.05, 0.1) is 0 Å². The van der Waals surface area contributed by atoms with Crippen LogP contribution in [0.1, 0.15) is 25.8 Å². The summed E-state index contributed by atoms with van der Waals surface area (Å²) in [5.41, 5.74) is 2.03. The second kappa shape index (κ2) is 5.49. The molecule has 0 saturated carbocycles.